The molecule has 3 rings (SSSR count). The van der Waals surface area contributed by atoms with Crippen LogP contribution in [0.25, 0.3) is 11.4 Å². The van der Waals surface area contributed by atoms with Crippen molar-refractivity contribution in [3.63, 3.8) is 0 Å². The summed E-state index contributed by atoms with van der Waals surface area (Å²) < 4.78 is 1.85. The van der Waals surface area contributed by atoms with Crippen LogP contribution in [0, 0.1) is 13.8 Å². The monoisotopic (exact) mass is 335 g/mol. The van der Waals surface area contributed by atoms with Gasteiger partial charge in [-0.05, 0) is 25.8 Å². The summed E-state index contributed by atoms with van der Waals surface area (Å²) in [4.78, 5) is 20.8. The fourth-order valence-electron chi connectivity index (χ4n) is 2.77. The molecule has 3 aromatic rings. The third kappa shape index (κ3) is 3.91. The number of carbonyl (C=O) groups excluding carboxylic acids is 1. The van der Waals surface area contributed by atoms with Crippen molar-refractivity contribution in [2.45, 2.75) is 26.7 Å². The average molecular weight is 335 g/mol. The lowest BCUT2D eigenvalue weighted by atomic mass is 10.1. The molecule has 6 nitrogen and oxygen atoms in total. The predicted molar refractivity (Wildman–Crippen MR) is 97.1 cm³/mol. The smallest absolute Gasteiger partial charge is 0.224 e. The minimum atomic E-state index is -0.0567. The SMILES string of the molecule is Cc1nn(C)c(C)c1CCC(=O)Nc1cnc(-c2ccccc2)nc1. The molecule has 6 heteroatoms. The molecule has 0 atom stereocenters. The highest BCUT2D eigenvalue weighted by Crippen LogP contribution is 2.16. The Hall–Kier alpha value is -3.02. The highest BCUT2D eigenvalue weighted by molar-refractivity contribution is 5.90. The molecule has 0 radical (unpaired) electrons. The second-order valence-corrected chi connectivity index (χ2v) is 5.98. The largest absolute Gasteiger partial charge is 0.323 e. The average Bonchev–Trinajstić information content (AvgIpc) is 2.86. The van der Waals surface area contributed by atoms with Gasteiger partial charge in [0.1, 0.15) is 0 Å². The first-order valence-electron chi connectivity index (χ1n) is 8.21. The van der Waals surface area contributed by atoms with Crippen LogP contribution in [-0.4, -0.2) is 25.7 Å². The van der Waals surface area contributed by atoms with Crippen LogP contribution in [-0.2, 0) is 18.3 Å². The molecule has 0 bridgehead atoms. The second kappa shape index (κ2) is 7.25. The van der Waals surface area contributed by atoms with Gasteiger partial charge >= 0.3 is 0 Å². The summed E-state index contributed by atoms with van der Waals surface area (Å²) in [7, 11) is 1.91. The molecule has 2 heterocycles. The van der Waals surface area contributed by atoms with Crippen LogP contribution in [0.5, 0.6) is 0 Å². The van der Waals surface area contributed by atoms with Crippen molar-refractivity contribution in [1.29, 1.82) is 0 Å². The number of benzene rings is 1. The van der Waals surface area contributed by atoms with E-state index in [-0.39, 0.29) is 5.91 Å². The molecule has 0 aliphatic rings. The third-order valence-electron chi connectivity index (χ3n) is 4.23. The first kappa shape index (κ1) is 16.8. The predicted octanol–water partition coefficient (Wildman–Crippen LogP) is 3.07. The number of carbonyl (C=O) groups is 1. The highest BCUT2D eigenvalue weighted by Gasteiger charge is 2.12. The zero-order chi connectivity index (χ0) is 17.8. The van der Waals surface area contributed by atoms with Crippen molar-refractivity contribution in [3.05, 3.63) is 59.7 Å². The van der Waals surface area contributed by atoms with Crippen LogP contribution in [0.4, 0.5) is 5.69 Å². The Morgan fingerprint density at radius 2 is 1.80 bits per heavy atom. The Morgan fingerprint density at radius 3 is 2.40 bits per heavy atom. The first-order valence-corrected chi connectivity index (χ1v) is 8.21. The Morgan fingerprint density at radius 1 is 1.12 bits per heavy atom. The standard InChI is InChI=1S/C19H21N5O/c1-13-17(14(2)24(3)23-13)9-10-18(25)22-16-11-20-19(21-12-16)15-7-5-4-6-8-15/h4-8,11-12H,9-10H2,1-3H3,(H,22,25). The fourth-order valence-corrected chi connectivity index (χ4v) is 2.77. The summed E-state index contributed by atoms with van der Waals surface area (Å²) in [6.45, 7) is 3.99. The van der Waals surface area contributed by atoms with E-state index in [0.29, 0.717) is 24.4 Å². The Labute approximate surface area is 146 Å². The third-order valence-corrected chi connectivity index (χ3v) is 4.23. The second-order valence-electron chi connectivity index (χ2n) is 5.98. The van der Waals surface area contributed by atoms with Gasteiger partial charge in [-0.25, -0.2) is 9.97 Å². The lowest BCUT2D eigenvalue weighted by molar-refractivity contribution is -0.116. The lowest BCUT2D eigenvalue weighted by Crippen LogP contribution is -2.13. The van der Waals surface area contributed by atoms with Crippen LogP contribution in [0.15, 0.2) is 42.7 Å². The Balaban J connectivity index is 1.59. The summed E-state index contributed by atoms with van der Waals surface area (Å²) in [6, 6.07) is 9.73. The minimum absolute atomic E-state index is 0.0567. The maximum atomic E-state index is 12.2. The quantitative estimate of drug-likeness (QED) is 0.778. The fraction of sp³-hybridized carbons (Fsp3) is 0.263. The molecule has 0 unspecified atom stereocenters. The summed E-state index contributed by atoms with van der Waals surface area (Å²) >= 11 is 0. The summed E-state index contributed by atoms with van der Waals surface area (Å²) in [5.74, 6) is 0.582. The van der Waals surface area contributed by atoms with E-state index in [1.54, 1.807) is 12.4 Å². The van der Waals surface area contributed by atoms with Gasteiger partial charge in [-0.2, -0.15) is 5.10 Å². The number of amides is 1. The van der Waals surface area contributed by atoms with Gasteiger partial charge in [0.2, 0.25) is 5.91 Å². The van der Waals surface area contributed by atoms with Crippen LogP contribution in [0.1, 0.15) is 23.4 Å². The maximum Gasteiger partial charge on any atom is 0.224 e. The normalized spacial score (nSPS) is 10.7. The topological polar surface area (TPSA) is 72.7 Å². The van der Waals surface area contributed by atoms with Crippen molar-refractivity contribution in [2.75, 3.05) is 5.32 Å². The number of anilines is 1. The van der Waals surface area contributed by atoms with Gasteiger partial charge in [0.05, 0.1) is 23.8 Å². The van der Waals surface area contributed by atoms with E-state index in [4.69, 9.17) is 0 Å². The number of nitrogens with zero attached hydrogens (tertiary/aromatic N) is 4. The van der Waals surface area contributed by atoms with Crippen molar-refractivity contribution >= 4 is 11.6 Å². The zero-order valence-corrected chi connectivity index (χ0v) is 14.7. The van der Waals surface area contributed by atoms with Crippen molar-refractivity contribution < 1.29 is 4.79 Å². The molecule has 0 fully saturated rings. The molecule has 0 aliphatic heterocycles. The number of hydrogen-bond acceptors (Lipinski definition) is 4. The van der Waals surface area contributed by atoms with E-state index in [1.165, 1.54) is 0 Å². The minimum Gasteiger partial charge on any atom is -0.323 e. The molecule has 0 saturated heterocycles. The molecule has 1 amide bonds. The van der Waals surface area contributed by atoms with Gasteiger partial charge in [-0.3, -0.25) is 9.48 Å². The lowest BCUT2D eigenvalue weighted by Gasteiger charge is -2.06. The molecule has 0 aliphatic carbocycles. The van der Waals surface area contributed by atoms with E-state index < -0.39 is 0 Å². The maximum absolute atomic E-state index is 12.2. The summed E-state index contributed by atoms with van der Waals surface area (Å²) in [5.41, 5.74) is 4.75. The Kier molecular flexibility index (Phi) is 4.88. The van der Waals surface area contributed by atoms with Gasteiger partial charge < -0.3 is 5.32 Å². The van der Waals surface area contributed by atoms with Crippen molar-refractivity contribution in [1.82, 2.24) is 19.7 Å². The molecule has 0 spiro atoms. The van der Waals surface area contributed by atoms with Gasteiger partial charge in [0, 0.05) is 24.7 Å². The molecule has 25 heavy (non-hydrogen) atoms. The van der Waals surface area contributed by atoms with Gasteiger partial charge in [-0.1, -0.05) is 30.3 Å². The van der Waals surface area contributed by atoms with E-state index in [0.717, 1.165) is 22.5 Å². The van der Waals surface area contributed by atoms with Gasteiger partial charge in [-0.15, -0.1) is 0 Å². The molecular formula is C19H21N5O. The molecule has 2 aromatic heterocycles. The van der Waals surface area contributed by atoms with Crippen molar-refractivity contribution in [3.8, 4) is 11.4 Å². The van der Waals surface area contributed by atoms with E-state index >= 15 is 0 Å². The van der Waals surface area contributed by atoms with E-state index in [1.807, 2.05) is 55.9 Å². The van der Waals surface area contributed by atoms with Crippen LogP contribution in [0.2, 0.25) is 0 Å². The Bertz CT molecular complexity index is 869. The van der Waals surface area contributed by atoms with Crippen LogP contribution in [0.3, 0.4) is 0 Å². The summed E-state index contributed by atoms with van der Waals surface area (Å²) in [5, 5.41) is 7.22. The van der Waals surface area contributed by atoms with Crippen LogP contribution >= 0.6 is 0 Å². The number of rotatable bonds is 5. The highest BCUT2D eigenvalue weighted by atomic mass is 16.1. The number of aryl methyl sites for hydroxylation is 2. The molecule has 128 valence electrons. The van der Waals surface area contributed by atoms with Crippen LogP contribution < -0.4 is 5.32 Å². The van der Waals surface area contributed by atoms with Crippen molar-refractivity contribution in [2.24, 2.45) is 7.05 Å². The number of hydrogen-bond donors (Lipinski definition) is 1. The first-order chi connectivity index (χ1) is 12.0. The molecule has 0 saturated carbocycles. The van der Waals surface area contributed by atoms with Gasteiger partial charge in [0.15, 0.2) is 5.82 Å². The van der Waals surface area contributed by atoms with E-state index in [2.05, 4.69) is 20.4 Å². The van der Waals surface area contributed by atoms with E-state index in [9.17, 15) is 4.79 Å². The summed E-state index contributed by atoms with van der Waals surface area (Å²) in [6.07, 6.45) is 4.33. The number of nitrogens with one attached hydrogen (secondary N) is 1. The number of aromatic nitrogens is 4. The molecule has 1 aromatic carbocycles. The zero-order valence-electron chi connectivity index (χ0n) is 14.7. The van der Waals surface area contributed by atoms with Gasteiger partial charge in [0.25, 0.3) is 0 Å². The molecule has 1 N–H and O–H groups in total. The molecular weight excluding hydrogens is 314 g/mol.